The highest BCUT2D eigenvalue weighted by Crippen LogP contribution is 2.30. The highest BCUT2D eigenvalue weighted by Gasteiger charge is 2.32. The van der Waals surface area contributed by atoms with Gasteiger partial charge in [-0.05, 0) is 50.9 Å². The largest absolute Gasteiger partial charge is 0.488 e. The molecule has 2 aliphatic rings. The zero-order valence-corrected chi connectivity index (χ0v) is 22.7. The van der Waals surface area contributed by atoms with E-state index in [1.54, 1.807) is 30.0 Å². The Hall–Kier alpha value is -2.33. The summed E-state index contributed by atoms with van der Waals surface area (Å²) < 4.78 is 44.0. The number of fused-ring (bicyclic) bond motifs is 1. The predicted octanol–water partition coefficient (Wildman–Crippen LogP) is 4.63. The Morgan fingerprint density at radius 1 is 1.24 bits per heavy atom. The van der Waals surface area contributed by atoms with Gasteiger partial charge in [-0.3, -0.25) is 9.59 Å². The molecule has 2 amide bonds. The number of benzene rings is 1. The Labute approximate surface area is 223 Å². The van der Waals surface area contributed by atoms with Crippen LogP contribution in [0, 0.1) is 11.8 Å². The smallest absolute Gasteiger partial charge is 0.389 e. The topological polar surface area (TPSA) is 82.1 Å². The second-order valence-corrected chi connectivity index (χ2v) is 11.1. The number of ether oxygens (including phenoxy) is 1. The molecule has 0 saturated heterocycles. The number of aliphatic hydroxyl groups excluding tert-OH is 1. The number of alkyl halides is 3. The molecule has 10 heteroatoms. The van der Waals surface area contributed by atoms with Crippen molar-refractivity contribution in [2.24, 2.45) is 11.8 Å². The fourth-order valence-corrected chi connectivity index (χ4v) is 5.40. The lowest BCUT2D eigenvalue weighted by atomic mass is 9.89. The highest BCUT2D eigenvalue weighted by atomic mass is 19.4. The van der Waals surface area contributed by atoms with E-state index in [4.69, 9.17) is 4.74 Å². The molecule has 1 aromatic carbocycles. The van der Waals surface area contributed by atoms with Gasteiger partial charge in [0.15, 0.2) is 0 Å². The van der Waals surface area contributed by atoms with E-state index in [2.05, 4.69) is 17.3 Å². The third-order valence-corrected chi connectivity index (χ3v) is 7.62. The minimum absolute atomic E-state index is 0.0106. The van der Waals surface area contributed by atoms with Crippen molar-refractivity contribution in [2.45, 2.75) is 83.5 Å². The molecular formula is C28H42F3N3O4. The predicted molar refractivity (Wildman–Crippen MR) is 140 cm³/mol. The third-order valence-electron chi connectivity index (χ3n) is 7.62. The van der Waals surface area contributed by atoms with Gasteiger partial charge in [-0.25, -0.2) is 0 Å². The van der Waals surface area contributed by atoms with Gasteiger partial charge in [0.25, 0.3) is 0 Å². The Morgan fingerprint density at radius 2 is 1.95 bits per heavy atom. The van der Waals surface area contributed by atoms with Crippen LogP contribution in [-0.2, 0) is 16.0 Å². The van der Waals surface area contributed by atoms with Crippen LogP contribution < -0.4 is 10.1 Å². The Balaban J connectivity index is 1.81. The quantitative estimate of drug-likeness (QED) is 0.477. The van der Waals surface area contributed by atoms with Crippen LogP contribution in [0.25, 0.3) is 0 Å². The van der Waals surface area contributed by atoms with Gasteiger partial charge in [-0.15, -0.1) is 0 Å². The van der Waals surface area contributed by atoms with Gasteiger partial charge in [0, 0.05) is 43.2 Å². The maximum Gasteiger partial charge on any atom is 0.389 e. The van der Waals surface area contributed by atoms with Crippen LogP contribution in [0.3, 0.4) is 0 Å². The fraction of sp³-hybridized carbons (Fsp3) is 0.714. The summed E-state index contributed by atoms with van der Waals surface area (Å²) in [7, 11) is 2.09. The highest BCUT2D eigenvalue weighted by molar-refractivity contribution is 5.91. The van der Waals surface area contributed by atoms with Crippen LogP contribution in [0.2, 0.25) is 0 Å². The summed E-state index contributed by atoms with van der Waals surface area (Å²) >= 11 is 0. The number of hydrogen-bond donors (Lipinski definition) is 2. The summed E-state index contributed by atoms with van der Waals surface area (Å²) in [4.78, 5) is 29.4. The van der Waals surface area contributed by atoms with Crippen LogP contribution in [-0.4, -0.2) is 78.3 Å². The van der Waals surface area contributed by atoms with Crippen molar-refractivity contribution in [1.82, 2.24) is 9.80 Å². The van der Waals surface area contributed by atoms with E-state index in [9.17, 15) is 27.9 Å². The number of amides is 2. The standard InChI is InChI=1S/C28H42F3N3O4/c1-19-15-34(20(2)18-35)27(37)14-22-13-23(32-26(36)11-12-28(29,30)31)9-10-24(22)38-25(19)17-33(3)16-21-7-5-4-6-8-21/h9-10,13,19-21,25,35H,4-8,11-12,14-18H2,1-3H3,(H,32,36)/t19-,20-,25-/m0/s1. The molecule has 3 rings (SSSR count). The average Bonchev–Trinajstić information content (AvgIpc) is 2.90. The Bertz CT molecular complexity index is 936. The number of anilines is 1. The first kappa shape index (κ1) is 30.2. The summed E-state index contributed by atoms with van der Waals surface area (Å²) in [6.07, 6.45) is -0.206. The first-order valence-corrected chi connectivity index (χ1v) is 13.7. The molecule has 0 unspecified atom stereocenters. The molecule has 1 aliphatic heterocycles. The summed E-state index contributed by atoms with van der Waals surface area (Å²) in [6, 6.07) is 4.49. The number of carbonyl (C=O) groups is 2. The number of nitrogens with zero attached hydrogens (tertiary/aromatic N) is 2. The van der Waals surface area contributed by atoms with Crippen LogP contribution >= 0.6 is 0 Å². The number of halogens is 3. The minimum atomic E-state index is -4.41. The zero-order valence-electron chi connectivity index (χ0n) is 22.7. The van der Waals surface area contributed by atoms with Crippen molar-refractivity contribution in [1.29, 1.82) is 0 Å². The third kappa shape index (κ3) is 9.15. The van der Waals surface area contributed by atoms with E-state index in [-0.39, 0.29) is 37.0 Å². The van der Waals surface area contributed by atoms with E-state index in [0.29, 0.717) is 36.0 Å². The maximum absolute atomic E-state index is 13.3. The fourth-order valence-electron chi connectivity index (χ4n) is 5.40. The summed E-state index contributed by atoms with van der Waals surface area (Å²) in [5, 5.41) is 12.3. The van der Waals surface area contributed by atoms with Crippen LogP contribution in [0.15, 0.2) is 18.2 Å². The van der Waals surface area contributed by atoms with Crippen molar-refractivity contribution in [2.75, 3.05) is 38.6 Å². The van der Waals surface area contributed by atoms with Crippen molar-refractivity contribution in [3.63, 3.8) is 0 Å². The summed E-state index contributed by atoms with van der Waals surface area (Å²) in [6.45, 7) is 5.75. The van der Waals surface area contributed by atoms with Gasteiger partial charge in [0.2, 0.25) is 11.8 Å². The molecule has 1 aromatic rings. The number of likely N-dealkylation sites (N-methyl/N-ethyl adjacent to an activating group) is 1. The lowest BCUT2D eigenvalue weighted by Crippen LogP contribution is -2.48. The van der Waals surface area contributed by atoms with Crippen molar-refractivity contribution in [3.05, 3.63) is 23.8 Å². The molecule has 7 nitrogen and oxygen atoms in total. The Morgan fingerprint density at radius 3 is 2.61 bits per heavy atom. The van der Waals surface area contributed by atoms with Crippen molar-refractivity contribution >= 4 is 17.5 Å². The molecule has 214 valence electrons. The van der Waals surface area contributed by atoms with Crippen LogP contribution in [0.1, 0.15) is 64.4 Å². The van der Waals surface area contributed by atoms with Gasteiger partial charge in [-0.1, -0.05) is 26.2 Å². The van der Waals surface area contributed by atoms with Crippen molar-refractivity contribution < 1.29 is 32.6 Å². The summed E-state index contributed by atoms with van der Waals surface area (Å²) in [5.74, 6) is 0.246. The molecule has 38 heavy (non-hydrogen) atoms. The molecule has 1 fully saturated rings. The van der Waals surface area contributed by atoms with Gasteiger partial charge in [0.1, 0.15) is 11.9 Å². The molecule has 1 heterocycles. The second kappa shape index (κ2) is 13.6. The Kier molecular flexibility index (Phi) is 10.8. The molecule has 2 N–H and O–H groups in total. The van der Waals surface area contributed by atoms with E-state index >= 15 is 0 Å². The zero-order chi connectivity index (χ0) is 27.9. The van der Waals surface area contributed by atoms with Gasteiger partial charge < -0.3 is 25.0 Å². The first-order valence-electron chi connectivity index (χ1n) is 13.7. The number of hydrogen-bond acceptors (Lipinski definition) is 5. The number of nitrogens with one attached hydrogen (secondary N) is 1. The van der Waals surface area contributed by atoms with Crippen molar-refractivity contribution in [3.8, 4) is 5.75 Å². The monoisotopic (exact) mass is 541 g/mol. The van der Waals surface area contributed by atoms with Gasteiger partial charge in [-0.2, -0.15) is 13.2 Å². The van der Waals surface area contributed by atoms with E-state index in [0.717, 1.165) is 6.54 Å². The molecule has 0 bridgehead atoms. The molecule has 0 radical (unpaired) electrons. The molecule has 1 aliphatic carbocycles. The molecule has 0 aromatic heterocycles. The van der Waals surface area contributed by atoms with Gasteiger partial charge in [0.05, 0.1) is 25.5 Å². The number of carbonyl (C=O) groups excluding carboxylic acids is 2. The maximum atomic E-state index is 13.3. The average molecular weight is 542 g/mol. The molecule has 3 atom stereocenters. The van der Waals surface area contributed by atoms with E-state index in [1.807, 2.05) is 6.92 Å². The van der Waals surface area contributed by atoms with Crippen LogP contribution in [0.5, 0.6) is 5.75 Å². The second-order valence-electron chi connectivity index (χ2n) is 11.1. The molecular weight excluding hydrogens is 499 g/mol. The van der Waals surface area contributed by atoms with E-state index < -0.39 is 24.9 Å². The number of aliphatic hydroxyl groups is 1. The SMILES string of the molecule is C[C@H]1CN([C@@H](C)CO)C(=O)Cc2cc(NC(=O)CCC(F)(F)F)ccc2O[C@H]1CN(C)CC1CCCCC1. The summed E-state index contributed by atoms with van der Waals surface area (Å²) in [5.41, 5.74) is 0.861. The lowest BCUT2D eigenvalue weighted by molar-refractivity contribution is -0.142. The molecule has 1 saturated carbocycles. The van der Waals surface area contributed by atoms with Gasteiger partial charge >= 0.3 is 6.18 Å². The number of rotatable bonds is 9. The normalized spacial score (nSPS) is 22.2. The van der Waals surface area contributed by atoms with E-state index in [1.165, 1.54) is 32.1 Å². The molecule has 0 spiro atoms. The first-order chi connectivity index (χ1) is 17.9. The minimum Gasteiger partial charge on any atom is -0.488 e. The van der Waals surface area contributed by atoms with Crippen LogP contribution in [0.4, 0.5) is 18.9 Å². The lowest BCUT2D eigenvalue weighted by Gasteiger charge is -2.35.